The summed E-state index contributed by atoms with van der Waals surface area (Å²) in [5.41, 5.74) is 5.77. The average Bonchev–Trinajstić information content (AvgIpc) is 2.25. The molecular formula is C12H16ClNO2. The van der Waals surface area contributed by atoms with Crippen LogP contribution in [0.4, 0.5) is 0 Å². The quantitative estimate of drug-likeness (QED) is 0.832. The second kappa shape index (κ2) is 5.04. The Bertz CT molecular complexity index is 341. The first-order valence-corrected chi connectivity index (χ1v) is 5.89. The van der Waals surface area contributed by atoms with E-state index in [9.17, 15) is 5.11 Å². The van der Waals surface area contributed by atoms with Crippen LogP contribution in [-0.4, -0.2) is 23.4 Å². The Morgan fingerprint density at radius 3 is 2.56 bits per heavy atom. The zero-order chi connectivity index (χ0) is 11.5. The van der Waals surface area contributed by atoms with Crippen LogP contribution in [-0.2, 0) is 0 Å². The number of hydrogen-bond acceptors (Lipinski definition) is 3. The molecule has 3 atom stereocenters. The summed E-state index contributed by atoms with van der Waals surface area (Å²) in [5.74, 6) is 0.740. The zero-order valence-corrected chi connectivity index (χ0v) is 9.73. The van der Waals surface area contributed by atoms with Crippen molar-refractivity contribution in [2.45, 2.75) is 37.5 Å². The maximum absolute atomic E-state index is 9.82. The maximum Gasteiger partial charge on any atom is 0.125 e. The normalized spacial score (nSPS) is 30.1. The van der Waals surface area contributed by atoms with Crippen molar-refractivity contribution in [2.75, 3.05) is 0 Å². The molecule has 0 bridgehead atoms. The number of rotatable bonds is 2. The highest BCUT2D eigenvalue weighted by Crippen LogP contribution is 2.24. The topological polar surface area (TPSA) is 55.5 Å². The van der Waals surface area contributed by atoms with Crippen LogP contribution in [0.15, 0.2) is 24.3 Å². The van der Waals surface area contributed by atoms with Crippen LogP contribution in [0.1, 0.15) is 19.3 Å². The Morgan fingerprint density at radius 1 is 1.25 bits per heavy atom. The first kappa shape index (κ1) is 11.7. The van der Waals surface area contributed by atoms with E-state index in [0.29, 0.717) is 11.4 Å². The fourth-order valence-electron chi connectivity index (χ4n) is 1.98. The monoisotopic (exact) mass is 241 g/mol. The number of hydrogen-bond donors (Lipinski definition) is 2. The maximum atomic E-state index is 9.82. The van der Waals surface area contributed by atoms with Crippen LogP contribution in [0.3, 0.4) is 0 Å². The molecule has 1 aromatic rings. The van der Waals surface area contributed by atoms with Gasteiger partial charge in [-0.25, -0.2) is 0 Å². The lowest BCUT2D eigenvalue weighted by Crippen LogP contribution is -2.42. The van der Waals surface area contributed by atoms with Gasteiger partial charge in [-0.2, -0.15) is 0 Å². The molecule has 3 unspecified atom stereocenters. The molecule has 0 amide bonds. The van der Waals surface area contributed by atoms with E-state index in [4.69, 9.17) is 22.1 Å². The lowest BCUT2D eigenvalue weighted by molar-refractivity contribution is 0.00121. The van der Waals surface area contributed by atoms with E-state index in [1.54, 1.807) is 12.1 Å². The minimum Gasteiger partial charge on any atom is -0.488 e. The summed E-state index contributed by atoms with van der Waals surface area (Å²) in [7, 11) is 0. The van der Waals surface area contributed by atoms with Crippen molar-refractivity contribution in [1.82, 2.24) is 0 Å². The Morgan fingerprint density at radius 2 is 1.94 bits per heavy atom. The molecule has 0 heterocycles. The van der Waals surface area contributed by atoms with Gasteiger partial charge in [0.05, 0.1) is 6.10 Å². The Hall–Kier alpha value is -0.770. The lowest BCUT2D eigenvalue weighted by Gasteiger charge is -2.31. The third-order valence-corrected chi connectivity index (χ3v) is 3.15. The molecule has 1 saturated carbocycles. The molecular weight excluding hydrogens is 226 g/mol. The van der Waals surface area contributed by atoms with Gasteiger partial charge in [0.2, 0.25) is 0 Å². The van der Waals surface area contributed by atoms with Gasteiger partial charge in [-0.1, -0.05) is 11.6 Å². The first-order valence-electron chi connectivity index (χ1n) is 5.51. The SMILES string of the molecule is NC1CCC(Oc2ccc(Cl)cc2)C(O)C1. The van der Waals surface area contributed by atoms with E-state index >= 15 is 0 Å². The number of ether oxygens (including phenoxy) is 1. The van der Waals surface area contributed by atoms with E-state index < -0.39 is 6.10 Å². The highest BCUT2D eigenvalue weighted by molar-refractivity contribution is 6.30. The van der Waals surface area contributed by atoms with Crippen LogP contribution in [0.25, 0.3) is 0 Å². The zero-order valence-electron chi connectivity index (χ0n) is 8.97. The van der Waals surface area contributed by atoms with Crippen molar-refractivity contribution in [3.8, 4) is 5.75 Å². The lowest BCUT2D eigenvalue weighted by atomic mass is 9.91. The minimum absolute atomic E-state index is 0.0973. The number of benzene rings is 1. The van der Waals surface area contributed by atoms with Gasteiger partial charge in [0.1, 0.15) is 11.9 Å². The average molecular weight is 242 g/mol. The van der Waals surface area contributed by atoms with E-state index in [1.807, 2.05) is 12.1 Å². The molecule has 1 aromatic carbocycles. The summed E-state index contributed by atoms with van der Waals surface area (Å²) in [4.78, 5) is 0. The molecule has 3 N–H and O–H groups in total. The summed E-state index contributed by atoms with van der Waals surface area (Å²) in [6.45, 7) is 0. The molecule has 4 heteroatoms. The summed E-state index contributed by atoms with van der Waals surface area (Å²) < 4.78 is 5.71. The van der Waals surface area contributed by atoms with E-state index in [1.165, 1.54) is 0 Å². The van der Waals surface area contributed by atoms with Gasteiger partial charge in [0.25, 0.3) is 0 Å². The van der Waals surface area contributed by atoms with Crippen LogP contribution in [0, 0.1) is 0 Å². The molecule has 0 radical (unpaired) electrons. The number of aliphatic hydroxyl groups is 1. The molecule has 88 valence electrons. The molecule has 1 aliphatic rings. The van der Waals surface area contributed by atoms with Crippen LogP contribution < -0.4 is 10.5 Å². The van der Waals surface area contributed by atoms with Gasteiger partial charge in [-0.05, 0) is 43.5 Å². The summed E-state index contributed by atoms with van der Waals surface area (Å²) in [6.07, 6.45) is 1.68. The smallest absolute Gasteiger partial charge is 0.125 e. The van der Waals surface area contributed by atoms with Crippen molar-refractivity contribution in [3.63, 3.8) is 0 Å². The van der Waals surface area contributed by atoms with Gasteiger partial charge in [0, 0.05) is 11.1 Å². The third kappa shape index (κ3) is 2.88. The Kier molecular flexibility index (Phi) is 3.69. The number of aliphatic hydroxyl groups excluding tert-OH is 1. The van der Waals surface area contributed by atoms with Crippen LogP contribution in [0.2, 0.25) is 5.02 Å². The van der Waals surface area contributed by atoms with Gasteiger partial charge < -0.3 is 15.6 Å². The fraction of sp³-hybridized carbons (Fsp3) is 0.500. The van der Waals surface area contributed by atoms with Crippen LogP contribution >= 0.6 is 11.6 Å². The molecule has 1 fully saturated rings. The van der Waals surface area contributed by atoms with Crippen LogP contribution in [0.5, 0.6) is 5.75 Å². The van der Waals surface area contributed by atoms with Gasteiger partial charge in [0.15, 0.2) is 0 Å². The van der Waals surface area contributed by atoms with Gasteiger partial charge in [-0.3, -0.25) is 0 Å². The van der Waals surface area contributed by atoms with Crippen molar-refractivity contribution in [1.29, 1.82) is 0 Å². The van der Waals surface area contributed by atoms with Gasteiger partial charge in [-0.15, -0.1) is 0 Å². The minimum atomic E-state index is -0.473. The molecule has 0 aromatic heterocycles. The molecule has 3 nitrogen and oxygen atoms in total. The van der Waals surface area contributed by atoms with Crippen molar-refractivity contribution in [3.05, 3.63) is 29.3 Å². The van der Waals surface area contributed by atoms with E-state index in [-0.39, 0.29) is 12.1 Å². The summed E-state index contributed by atoms with van der Waals surface area (Å²) in [6, 6.07) is 7.27. The number of halogens is 1. The van der Waals surface area contributed by atoms with Crippen molar-refractivity contribution < 1.29 is 9.84 Å². The predicted octanol–water partition coefficient (Wildman–Crippen LogP) is 1.96. The van der Waals surface area contributed by atoms with E-state index in [0.717, 1.165) is 18.6 Å². The Labute approximate surface area is 100 Å². The molecule has 1 aliphatic carbocycles. The standard InChI is InChI=1S/C12H16ClNO2/c13-8-1-4-10(5-2-8)16-12-6-3-9(14)7-11(12)15/h1-2,4-5,9,11-12,15H,3,6-7,14H2. The summed E-state index contributed by atoms with van der Waals surface area (Å²) >= 11 is 5.78. The predicted molar refractivity (Wildman–Crippen MR) is 63.7 cm³/mol. The second-order valence-electron chi connectivity index (χ2n) is 4.25. The first-order chi connectivity index (χ1) is 7.65. The fourth-order valence-corrected chi connectivity index (χ4v) is 2.10. The van der Waals surface area contributed by atoms with Gasteiger partial charge >= 0.3 is 0 Å². The molecule has 0 aliphatic heterocycles. The largest absolute Gasteiger partial charge is 0.488 e. The highest BCUT2D eigenvalue weighted by atomic mass is 35.5. The Balaban J connectivity index is 1.96. The molecule has 0 spiro atoms. The van der Waals surface area contributed by atoms with Crippen molar-refractivity contribution in [2.24, 2.45) is 5.73 Å². The highest BCUT2D eigenvalue weighted by Gasteiger charge is 2.28. The second-order valence-corrected chi connectivity index (χ2v) is 4.69. The van der Waals surface area contributed by atoms with E-state index in [2.05, 4.69) is 0 Å². The molecule has 16 heavy (non-hydrogen) atoms. The summed E-state index contributed by atoms with van der Waals surface area (Å²) in [5, 5.41) is 10.5. The number of nitrogens with two attached hydrogens (primary N) is 1. The molecule has 0 saturated heterocycles. The molecule has 2 rings (SSSR count). The van der Waals surface area contributed by atoms with Crippen molar-refractivity contribution >= 4 is 11.6 Å². The third-order valence-electron chi connectivity index (χ3n) is 2.90.